The van der Waals surface area contributed by atoms with E-state index >= 15 is 0 Å². The number of benzene rings is 2. The summed E-state index contributed by atoms with van der Waals surface area (Å²) in [6, 6.07) is 14.1. The molecule has 4 heterocycles. The highest BCUT2D eigenvalue weighted by Crippen LogP contribution is 2.35. The van der Waals surface area contributed by atoms with Gasteiger partial charge in [-0.05, 0) is 87.3 Å². The van der Waals surface area contributed by atoms with Crippen molar-refractivity contribution in [3.63, 3.8) is 0 Å². The lowest BCUT2D eigenvalue weighted by Crippen LogP contribution is -2.37. The van der Waals surface area contributed by atoms with Crippen molar-refractivity contribution in [2.75, 3.05) is 39.0 Å². The molecule has 1 fully saturated rings. The van der Waals surface area contributed by atoms with E-state index in [1.807, 2.05) is 89.6 Å². The second-order valence-corrected chi connectivity index (χ2v) is 11.2. The molecule has 1 amide bonds. The van der Waals surface area contributed by atoms with Crippen molar-refractivity contribution in [1.29, 1.82) is 0 Å². The Bertz CT molecular complexity index is 1760. The zero-order valence-corrected chi connectivity index (χ0v) is 24.5. The van der Waals surface area contributed by atoms with Crippen LogP contribution in [0.25, 0.3) is 16.6 Å². The molecule has 0 spiro atoms. The molecule has 2 aromatic carbocycles. The van der Waals surface area contributed by atoms with Crippen LogP contribution in [-0.4, -0.2) is 73.6 Å². The molecule has 0 aliphatic carbocycles. The normalized spacial score (nSPS) is 14.5. The molecule has 0 atom stereocenters. The minimum Gasteiger partial charge on any atom is -0.457 e. The fourth-order valence-electron chi connectivity index (χ4n) is 5.56. The maximum Gasteiger partial charge on any atom is 0.246 e. The molecular formula is C32H36N8O2. The number of anilines is 2. The van der Waals surface area contributed by atoms with Crippen LogP contribution in [0.15, 0.2) is 73.5 Å². The van der Waals surface area contributed by atoms with Gasteiger partial charge in [-0.1, -0.05) is 6.08 Å². The smallest absolute Gasteiger partial charge is 0.246 e. The van der Waals surface area contributed by atoms with Gasteiger partial charge in [0.05, 0.1) is 17.4 Å². The third kappa shape index (κ3) is 5.71. The van der Waals surface area contributed by atoms with Gasteiger partial charge in [-0.2, -0.15) is 5.10 Å². The monoisotopic (exact) mass is 564 g/mol. The summed E-state index contributed by atoms with van der Waals surface area (Å²) in [6.45, 7) is 4.25. The van der Waals surface area contributed by atoms with Crippen LogP contribution >= 0.6 is 0 Å². The van der Waals surface area contributed by atoms with Gasteiger partial charge in [0.25, 0.3) is 0 Å². The number of carbonyl (C=O) groups is 1. The molecule has 10 nitrogen and oxygen atoms in total. The van der Waals surface area contributed by atoms with Crippen LogP contribution in [0.3, 0.4) is 0 Å². The quantitative estimate of drug-likeness (QED) is 0.256. The van der Waals surface area contributed by atoms with E-state index in [0.717, 1.165) is 77.6 Å². The largest absolute Gasteiger partial charge is 0.457 e. The number of ether oxygens (including phenoxy) is 1. The van der Waals surface area contributed by atoms with Crippen LogP contribution in [0.2, 0.25) is 0 Å². The van der Waals surface area contributed by atoms with E-state index in [1.54, 1.807) is 18.7 Å². The van der Waals surface area contributed by atoms with Crippen LogP contribution in [0.4, 0.5) is 11.5 Å². The number of hydrogen-bond acceptors (Lipinski definition) is 7. The fourth-order valence-corrected chi connectivity index (χ4v) is 5.56. The predicted octanol–water partition coefficient (Wildman–Crippen LogP) is 5.28. The minimum absolute atomic E-state index is 0.0859. The van der Waals surface area contributed by atoms with Crippen molar-refractivity contribution in [2.45, 2.75) is 25.7 Å². The number of likely N-dealkylation sites (N-methyl/N-ethyl adjacent to an activating group) is 1. The van der Waals surface area contributed by atoms with Crippen LogP contribution in [0.5, 0.6) is 11.5 Å². The Morgan fingerprint density at radius 3 is 2.74 bits per heavy atom. The molecule has 5 aromatic rings. The first kappa shape index (κ1) is 27.5. The van der Waals surface area contributed by atoms with Gasteiger partial charge < -0.3 is 24.4 Å². The number of rotatable bonds is 8. The number of amides is 1. The average Bonchev–Trinajstić information content (AvgIpc) is 3.58. The number of fused-ring (bicyclic) bond motifs is 2. The number of likely N-dealkylation sites (tertiary alicyclic amines) is 1. The summed E-state index contributed by atoms with van der Waals surface area (Å²) < 4.78 is 10.1. The van der Waals surface area contributed by atoms with Crippen molar-refractivity contribution in [1.82, 2.24) is 33.9 Å². The number of nitrogens with one attached hydrogen (secondary N) is 1. The highest BCUT2D eigenvalue weighted by atomic mass is 16.5. The summed E-state index contributed by atoms with van der Waals surface area (Å²) in [5, 5.41) is 7.97. The second kappa shape index (κ2) is 11.7. The molecule has 42 heavy (non-hydrogen) atoms. The Morgan fingerprint density at radius 1 is 1.12 bits per heavy atom. The lowest BCUT2D eigenvalue weighted by atomic mass is 9.90. The van der Waals surface area contributed by atoms with Gasteiger partial charge in [0.2, 0.25) is 5.91 Å². The molecular weight excluding hydrogens is 528 g/mol. The standard InChI is InChI=1S/C32H36N8O2/c1-22-18-24(7-10-29(22)42-25-8-9-28-27(19-25)34-21-38(28)4)36-32-31-26(13-17-40(31)35-20-33-32)23-11-15-39(16-12-23)30(41)6-5-14-37(2)3/h5-10,13,17-21,23H,11-12,14-16H2,1-4H3,(H,33,35,36)/b6-5+. The summed E-state index contributed by atoms with van der Waals surface area (Å²) >= 11 is 0. The van der Waals surface area contributed by atoms with E-state index < -0.39 is 0 Å². The highest BCUT2D eigenvalue weighted by molar-refractivity contribution is 5.87. The number of imidazole rings is 1. The second-order valence-electron chi connectivity index (χ2n) is 11.2. The number of piperidine rings is 1. The lowest BCUT2D eigenvalue weighted by Gasteiger charge is -2.31. The van der Waals surface area contributed by atoms with E-state index in [0.29, 0.717) is 5.92 Å². The van der Waals surface area contributed by atoms with Crippen LogP contribution in [-0.2, 0) is 11.8 Å². The third-order valence-electron chi connectivity index (χ3n) is 7.82. The van der Waals surface area contributed by atoms with Crippen LogP contribution in [0, 0.1) is 6.92 Å². The number of aryl methyl sites for hydroxylation is 2. The van der Waals surface area contributed by atoms with Crippen molar-refractivity contribution >= 4 is 34.0 Å². The van der Waals surface area contributed by atoms with E-state index in [-0.39, 0.29) is 5.91 Å². The Hall–Kier alpha value is -4.70. The Morgan fingerprint density at radius 2 is 1.95 bits per heavy atom. The number of carbonyl (C=O) groups excluding carboxylic acids is 1. The molecule has 216 valence electrons. The maximum atomic E-state index is 12.6. The molecule has 1 saturated heterocycles. The van der Waals surface area contributed by atoms with Gasteiger partial charge in [0.1, 0.15) is 23.3 Å². The Balaban J connectivity index is 1.16. The zero-order chi connectivity index (χ0) is 29.2. The van der Waals surface area contributed by atoms with Gasteiger partial charge in [-0.15, -0.1) is 0 Å². The van der Waals surface area contributed by atoms with E-state index in [2.05, 4.69) is 32.5 Å². The van der Waals surface area contributed by atoms with E-state index in [9.17, 15) is 4.79 Å². The maximum absolute atomic E-state index is 12.6. The summed E-state index contributed by atoms with van der Waals surface area (Å²) in [5.74, 6) is 2.69. The van der Waals surface area contributed by atoms with E-state index in [4.69, 9.17) is 4.74 Å². The van der Waals surface area contributed by atoms with Crippen molar-refractivity contribution in [2.24, 2.45) is 7.05 Å². The molecule has 6 rings (SSSR count). The first-order chi connectivity index (χ1) is 20.4. The summed E-state index contributed by atoms with van der Waals surface area (Å²) in [4.78, 5) is 25.6. The highest BCUT2D eigenvalue weighted by Gasteiger charge is 2.26. The Kier molecular flexibility index (Phi) is 7.62. The predicted molar refractivity (Wildman–Crippen MR) is 164 cm³/mol. The molecule has 1 aliphatic rings. The molecule has 10 heteroatoms. The van der Waals surface area contributed by atoms with Crippen LogP contribution < -0.4 is 10.1 Å². The molecule has 3 aromatic heterocycles. The number of aromatic nitrogens is 5. The average molecular weight is 565 g/mol. The molecule has 1 N–H and O–H groups in total. The fraction of sp³-hybridized carbons (Fsp3) is 0.312. The van der Waals surface area contributed by atoms with Crippen molar-refractivity contribution in [3.8, 4) is 11.5 Å². The molecule has 0 saturated carbocycles. The van der Waals surface area contributed by atoms with Gasteiger partial charge in [-0.25, -0.2) is 14.5 Å². The molecule has 0 bridgehead atoms. The first-order valence-corrected chi connectivity index (χ1v) is 14.2. The number of nitrogens with zero attached hydrogens (tertiary/aromatic N) is 7. The minimum atomic E-state index is 0.0859. The van der Waals surface area contributed by atoms with Crippen molar-refractivity contribution < 1.29 is 9.53 Å². The molecule has 0 unspecified atom stereocenters. The summed E-state index contributed by atoms with van der Waals surface area (Å²) in [5.41, 5.74) is 6.04. The van der Waals surface area contributed by atoms with Crippen molar-refractivity contribution in [3.05, 3.63) is 84.6 Å². The first-order valence-electron chi connectivity index (χ1n) is 14.2. The topological polar surface area (TPSA) is 92.8 Å². The van der Waals surface area contributed by atoms with Gasteiger partial charge in [-0.3, -0.25) is 4.79 Å². The number of hydrogen-bond donors (Lipinski definition) is 1. The zero-order valence-electron chi connectivity index (χ0n) is 24.5. The molecule has 1 aliphatic heterocycles. The van der Waals surface area contributed by atoms with Crippen LogP contribution in [0.1, 0.15) is 29.9 Å². The third-order valence-corrected chi connectivity index (χ3v) is 7.82. The summed E-state index contributed by atoms with van der Waals surface area (Å²) in [6.07, 6.45) is 10.8. The lowest BCUT2D eigenvalue weighted by molar-refractivity contribution is -0.127. The van der Waals surface area contributed by atoms with Gasteiger partial charge in [0.15, 0.2) is 5.82 Å². The Labute approximate surface area is 245 Å². The molecule has 0 radical (unpaired) electrons. The SMILES string of the molecule is Cc1cc(Nc2ncnn3ccc(C4CCN(C(=O)/C=C/CN(C)C)CC4)c23)ccc1Oc1ccc2c(c1)ncn2C. The van der Waals surface area contributed by atoms with E-state index in [1.165, 1.54) is 5.56 Å². The summed E-state index contributed by atoms with van der Waals surface area (Å²) in [7, 11) is 5.96. The van der Waals surface area contributed by atoms with Gasteiger partial charge in [0, 0.05) is 50.7 Å². The van der Waals surface area contributed by atoms with Gasteiger partial charge >= 0.3 is 0 Å².